The number of nitrogens with one attached hydrogen (secondary N) is 1. The van der Waals surface area contributed by atoms with Gasteiger partial charge in [-0.05, 0) is 6.92 Å². The van der Waals surface area contributed by atoms with Gasteiger partial charge in [0, 0.05) is 0 Å². The van der Waals surface area contributed by atoms with Crippen LogP contribution in [0.4, 0.5) is 0 Å². The lowest BCUT2D eigenvalue weighted by atomic mass is 10.4. The third-order valence-corrected chi connectivity index (χ3v) is 2.11. The molecule has 0 aliphatic carbocycles. The van der Waals surface area contributed by atoms with Crippen LogP contribution in [0.25, 0.3) is 0 Å². The second kappa shape index (κ2) is 3.21. The molecule has 0 amide bonds. The Balaban J connectivity index is 3.34. The molecule has 0 aromatic carbocycles. The molecule has 0 saturated carbocycles. The number of nitrogens with two attached hydrogens (primary N) is 1. The van der Waals surface area contributed by atoms with Gasteiger partial charge < -0.3 is 5.73 Å². The fourth-order valence-electron chi connectivity index (χ4n) is 0.0568. The molecule has 0 heterocycles. The Hall–Kier alpha value is 0.170. The van der Waals surface area contributed by atoms with Crippen LogP contribution in [0.3, 0.4) is 0 Å². The van der Waals surface area contributed by atoms with E-state index in [4.69, 9.17) is 11.1 Å². The van der Waals surface area contributed by atoms with Crippen LogP contribution >= 0.6 is 22.5 Å². The summed E-state index contributed by atoms with van der Waals surface area (Å²) in [6, 6.07) is 0. The van der Waals surface area contributed by atoms with Crippen molar-refractivity contribution in [3.63, 3.8) is 0 Å². The van der Waals surface area contributed by atoms with Crippen molar-refractivity contribution in [1.29, 1.82) is 5.41 Å². The topological polar surface area (TPSA) is 49.9 Å². The van der Waals surface area contributed by atoms with Crippen LogP contribution in [-0.2, 0) is 0 Å². The highest BCUT2D eigenvalue weighted by molar-refractivity contribution is 8.69. The van der Waals surface area contributed by atoms with Crippen LogP contribution < -0.4 is 5.73 Å². The quantitative estimate of drug-likeness (QED) is 0.228. The van der Waals surface area contributed by atoms with Crippen molar-refractivity contribution in [1.82, 2.24) is 0 Å². The zero-order chi connectivity index (χ0) is 5.86. The van der Waals surface area contributed by atoms with Gasteiger partial charge in [0.25, 0.3) is 0 Å². The average molecular weight is 136 g/mol. The molecule has 7 heavy (non-hydrogen) atoms. The average Bonchev–Trinajstić information content (AvgIpc) is 1.65. The maximum atomic E-state index is 6.81. The zero-order valence-corrected chi connectivity index (χ0v) is 5.72. The molecule has 0 aromatic rings. The molecular weight excluding hydrogens is 128 g/mol. The number of hydrogen-bond acceptors (Lipinski definition) is 3. The Morgan fingerprint density at radius 2 is 2.43 bits per heavy atom. The molecule has 0 aromatic heterocycles. The van der Waals surface area contributed by atoms with Crippen LogP contribution in [0.15, 0.2) is 0 Å². The smallest absolute Gasteiger partial charge is 0.104 e. The predicted molar refractivity (Wildman–Crippen MR) is 38.0 cm³/mol. The first-order valence-corrected chi connectivity index (χ1v) is 3.75. The lowest BCUT2D eigenvalue weighted by Crippen LogP contribution is -2.20. The molecule has 0 bridgehead atoms. The van der Waals surface area contributed by atoms with Crippen molar-refractivity contribution < 1.29 is 0 Å². The molecular formula is C3H8N2S2. The Labute approximate surface area is 52.2 Å². The molecule has 0 radical (unpaired) electrons. The van der Waals surface area contributed by atoms with Crippen LogP contribution in [-0.4, -0.2) is 11.1 Å². The van der Waals surface area contributed by atoms with E-state index in [1.807, 2.05) is 6.92 Å². The van der Waals surface area contributed by atoms with Crippen LogP contribution in [0.2, 0.25) is 0 Å². The minimum absolute atomic E-state index is 0.0448. The highest BCUT2D eigenvalue weighted by atomic mass is 33.1. The van der Waals surface area contributed by atoms with Crippen LogP contribution in [0, 0.1) is 5.41 Å². The van der Waals surface area contributed by atoms with E-state index in [-0.39, 0.29) is 11.1 Å². The predicted octanol–water partition coefficient (Wildman–Crippen LogP) is 0.889. The lowest BCUT2D eigenvalue weighted by molar-refractivity contribution is 1.24. The van der Waals surface area contributed by atoms with Crippen molar-refractivity contribution in [2.45, 2.75) is 12.2 Å². The third-order valence-electron chi connectivity index (χ3n) is 0.596. The van der Waals surface area contributed by atoms with E-state index >= 15 is 0 Å². The highest BCUT2D eigenvalue weighted by Crippen LogP contribution is 2.12. The Bertz CT molecular complexity index is 73.3. The summed E-state index contributed by atoms with van der Waals surface area (Å²) in [4.78, 5) is 0. The minimum atomic E-state index is 0.0448. The van der Waals surface area contributed by atoms with Crippen molar-refractivity contribution in [2.24, 2.45) is 5.73 Å². The maximum absolute atomic E-state index is 6.81. The van der Waals surface area contributed by atoms with E-state index in [0.717, 1.165) is 0 Å². The molecule has 0 aliphatic rings. The van der Waals surface area contributed by atoms with E-state index in [0.29, 0.717) is 0 Å². The SMILES string of the molecule is CC(SS)C(=N)N. The summed E-state index contributed by atoms with van der Waals surface area (Å²) in [6.07, 6.45) is 0. The van der Waals surface area contributed by atoms with Crippen molar-refractivity contribution >= 4 is 28.3 Å². The molecule has 0 fully saturated rings. The molecule has 42 valence electrons. The van der Waals surface area contributed by atoms with E-state index in [2.05, 4.69) is 11.7 Å². The molecule has 0 aliphatic heterocycles. The van der Waals surface area contributed by atoms with Gasteiger partial charge in [-0.1, -0.05) is 10.8 Å². The van der Waals surface area contributed by atoms with Gasteiger partial charge in [0.05, 0.1) is 5.25 Å². The van der Waals surface area contributed by atoms with Crippen molar-refractivity contribution in [2.75, 3.05) is 0 Å². The number of hydrogen-bond donors (Lipinski definition) is 3. The second-order valence-electron chi connectivity index (χ2n) is 1.20. The molecule has 0 spiro atoms. The summed E-state index contributed by atoms with van der Waals surface area (Å²) in [7, 11) is 1.28. The van der Waals surface area contributed by atoms with Gasteiger partial charge in [0.15, 0.2) is 0 Å². The normalized spacial score (nSPS) is 13.4. The summed E-state index contributed by atoms with van der Waals surface area (Å²) in [5.74, 6) is 0.181. The Kier molecular flexibility index (Phi) is 3.29. The van der Waals surface area contributed by atoms with Crippen LogP contribution in [0.5, 0.6) is 0 Å². The summed E-state index contributed by atoms with van der Waals surface area (Å²) < 4.78 is 0. The fourth-order valence-corrected chi connectivity index (χ4v) is 0.511. The molecule has 0 rings (SSSR count). The first-order chi connectivity index (χ1) is 3.18. The van der Waals surface area contributed by atoms with Gasteiger partial charge in [-0.3, -0.25) is 5.41 Å². The van der Waals surface area contributed by atoms with Gasteiger partial charge in [0.2, 0.25) is 0 Å². The van der Waals surface area contributed by atoms with Crippen LogP contribution in [0.1, 0.15) is 6.92 Å². The van der Waals surface area contributed by atoms with Crippen molar-refractivity contribution in [3.8, 4) is 0 Å². The number of amidine groups is 1. The second-order valence-corrected chi connectivity index (χ2v) is 2.75. The zero-order valence-electron chi connectivity index (χ0n) is 4.01. The number of thiol groups is 1. The molecule has 0 saturated heterocycles. The van der Waals surface area contributed by atoms with Gasteiger partial charge in [-0.15, -0.1) is 11.7 Å². The third kappa shape index (κ3) is 2.82. The monoisotopic (exact) mass is 136 g/mol. The van der Waals surface area contributed by atoms with Gasteiger partial charge in [0.1, 0.15) is 5.84 Å². The standard InChI is InChI=1S/C3H8N2S2/c1-2(7-6)3(4)5/h2,6H,1H3,(H3,4,5). The summed E-state index contributed by atoms with van der Waals surface area (Å²) in [6.45, 7) is 1.83. The highest BCUT2D eigenvalue weighted by Gasteiger charge is 1.99. The molecule has 3 N–H and O–H groups in total. The molecule has 2 nitrogen and oxygen atoms in total. The Morgan fingerprint density at radius 1 is 2.00 bits per heavy atom. The first kappa shape index (κ1) is 7.17. The van der Waals surface area contributed by atoms with Gasteiger partial charge >= 0.3 is 0 Å². The largest absolute Gasteiger partial charge is 0.387 e. The van der Waals surface area contributed by atoms with E-state index < -0.39 is 0 Å². The van der Waals surface area contributed by atoms with E-state index in [9.17, 15) is 0 Å². The first-order valence-electron chi connectivity index (χ1n) is 1.82. The fraction of sp³-hybridized carbons (Fsp3) is 0.667. The molecule has 1 atom stereocenters. The summed E-state index contributed by atoms with van der Waals surface area (Å²) >= 11 is 3.85. The van der Waals surface area contributed by atoms with Crippen molar-refractivity contribution in [3.05, 3.63) is 0 Å². The number of rotatable bonds is 2. The van der Waals surface area contributed by atoms with Gasteiger partial charge in [-0.2, -0.15) is 0 Å². The molecule has 4 heteroatoms. The molecule has 1 unspecified atom stereocenters. The lowest BCUT2D eigenvalue weighted by Gasteiger charge is -2.00. The van der Waals surface area contributed by atoms with E-state index in [1.165, 1.54) is 10.8 Å². The summed E-state index contributed by atoms with van der Waals surface area (Å²) in [5.41, 5.74) is 5.06. The minimum Gasteiger partial charge on any atom is -0.387 e. The van der Waals surface area contributed by atoms with E-state index in [1.54, 1.807) is 0 Å². The maximum Gasteiger partial charge on any atom is 0.104 e. The Morgan fingerprint density at radius 3 is 2.43 bits per heavy atom. The van der Waals surface area contributed by atoms with Gasteiger partial charge in [-0.25, -0.2) is 0 Å². The summed E-state index contributed by atoms with van der Waals surface area (Å²) in [5, 5.41) is 6.85.